The second-order valence-electron chi connectivity index (χ2n) is 7.97. The standard InChI is InChI=1S/C23H28Cl2FN3O4S/c1-5-15(2)27-23(31)16(3)28(13-17-8-6-7-9-21(17)26)22(30)14-29(34(4,32)33)18-10-11-19(24)20(25)12-18/h6-12,15-16H,5,13-14H2,1-4H3,(H,27,31)/t15-,16-/m0/s1. The molecule has 34 heavy (non-hydrogen) atoms. The van der Waals surface area contributed by atoms with Crippen molar-refractivity contribution in [2.24, 2.45) is 0 Å². The van der Waals surface area contributed by atoms with Gasteiger partial charge in [-0.05, 0) is 44.5 Å². The van der Waals surface area contributed by atoms with E-state index in [0.29, 0.717) is 6.42 Å². The van der Waals surface area contributed by atoms with Crippen molar-refractivity contribution < 1.29 is 22.4 Å². The maximum atomic E-state index is 14.4. The number of carbonyl (C=O) groups excluding carboxylic acids is 2. The monoisotopic (exact) mass is 531 g/mol. The highest BCUT2D eigenvalue weighted by atomic mass is 35.5. The van der Waals surface area contributed by atoms with Crippen LogP contribution in [0.3, 0.4) is 0 Å². The topological polar surface area (TPSA) is 86.8 Å². The maximum Gasteiger partial charge on any atom is 0.244 e. The van der Waals surface area contributed by atoms with Gasteiger partial charge in [-0.25, -0.2) is 12.8 Å². The fraction of sp³-hybridized carbons (Fsp3) is 0.391. The second-order valence-corrected chi connectivity index (χ2v) is 10.7. The number of sulfonamides is 1. The minimum absolute atomic E-state index is 0.116. The van der Waals surface area contributed by atoms with E-state index in [2.05, 4.69) is 5.32 Å². The lowest BCUT2D eigenvalue weighted by atomic mass is 10.1. The van der Waals surface area contributed by atoms with E-state index in [0.717, 1.165) is 15.5 Å². The molecular weight excluding hydrogens is 504 g/mol. The molecule has 0 spiro atoms. The first kappa shape index (κ1) is 27.9. The van der Waals surface area contributed by atoms with Gasteiger partial charge in [-0.15, -0.1) is 0 Å². The smallest absolute Gasteiger partial charge is 0.244 e. The number of amides is 2. The average molecular weight is 532 g/mol. The fourth-order valence-electron chi connectivity index (χ4n) is 3.11. The van der Waals surface area contributed by atoms with E-state index in [4.69, 9.17) is 23.2 Å². The van der Waals surface area contributed by atoms with Gasteiger partial charge in [0.1, 0.15) is 18.4 Å². The number of rotatable bonds is 10. The zero-order chi connectivity index (χ0) is 25.6. The van der Waals surface area contributed by atoms with E-state index in [1.807, 2.05) is 13.8 Å². The Hall–Kier alpha value is -2.36. The lowest BCUT2D eigenvalue weighted by Crippen LogP contribution is -2.52. The number of anilines is 1. The summed E-state index contributed by atoms with van der Waals surface area (Å²) in [6, 6.07) is 8.93. The van der Waals surface area contributed by atoms with Crippen LogP contribution in [-0.4, -0.2) is 50.0 Å². The molecular formula is C23H28Cl2FN3O4S. The molecule has 0 saturated carbocycles. The summed E-state index contributed by atoms with van der Waals surface area (Å²) in [5.74, 6) is -1.66. The van der Waals surface area contributed by atoms with Crippen LogP contribution in [0.5, 0.6) is 0 Å². The molecule has 2 atom stereocenters. The number of carbonyl (C=O) groups is 2. The van der Waals surface area contributed by atoms with E-state index in [1.165, 1.54) is 43.3 Å². The molecule has 2 aromatic carbocycles. The van der Waals surface area contributed by atoms with Gasteiger partial charge >= 0.3 is 0 Å². The SMILES string of the molecule is CC[C@H](C)NC(=O)[C@H](C)N(Cc1ccccc1F)C(=O)CN(c1ccc(Cl)c(Cl)c1)S(C)(=O)=O. The summed E-state index contributed by atoms with van der Waals surface area (Å²) in [6.45, 7) is 4.40. The lowest BCUT2D eigenvalue weighted by molar-refractivity contribution is -0.139. The van der Waals surface area contributed by atoms with E-state index in [9.17, 15) is 22.4 Å². The summed E-state index contributed by atoms with van der Waals surface area (Å²) < 4.78 is 40.3. The summed E-state index contributed by atoms with van der Waals surface area (Å²) in [6.07, 6.45) is 1.63. The Balaban J connectivity index is 2.42. The van der Waals surface area contributed by atoms with Crippen molar-refractivity contribution in [2.45, 2.75) is 45.8 Å². The normalized spacial score (nSPS) is 13.1. The quantitative estimate of drug-likeness (QED) is 0.496. The summed E-state index contributed by atoms with van der Waals surface area (Å²) >= 11 is 12.0. The van der Waals surface area contributed by atoms with Gasteiger partial charge in [-0.3, -0.25) is 13.9 Å². The molecule has 7 nitrogen and oxygen atoms in total. The van der Waals surface area contributed by atoms with Crippen LogP contribution in [0.1, 0.15) is 32.8 Å². The highest BCUT2D eigenvalue weighted by Gasteiger charge is 2.31. The molecule has 1 N–H and O–H groups in total. The Bertz CT molecular complexity index is 1150. The molecule has 0 aromatic heterocycles. The first-order chi connectivity index (χ1) is 15.8. The van der Waals surface area contributed by atoms with Gasteiger partial charge in [0.2, 0.25) is 21.8 Å². The predicted molar refractivity (Wildman–Crippen MR) is 133 cm³/mol. The molecule has 0 bridgehead atoms. The van der Waals surface area contributed by atoms with E-state index < -0.39 is 40.2 Å². The third-order valence-electron chi connectivity index (χ3n) is 5.34. The fourth-order valence-corrected chi connectivity index (χ4v) is 4.25. The number of benzene rings is 2. The molecule has 0 radical (unpaired) electrons. The number of nitrogens with one attached hydrogen (secondary N) is 1. The Morgan fingerprint density at radius 1 is 1.09 bits per heavy atom. The molecule has 2 rings (SSSR count). The summed E-state index contributed by atoms with van der Waals surface area (Å²) in [7, 11) is -3.92. The number of halogens is 3. The van der Waals surface area contributed by atoms with Crippen LogP contribution < -0.4 is 9.62 Å². The molecule has 0 aliphatic rings. The Morgan fingerprint density at radius 2 is 1.74 bits per heavy atom. The minimum Gasteiger partial charge on any atom is -0.352 e. The lowest BCUT2D eigenvalue weighted by Gasteiger charge is -2.32. The predicted octanol–water partition coefficient (Wildman–Crippen LogP) is 4.23. The van der Waals surface area contributed by atoms with E-state index in [-0.39, 0.29) is 33.9 Å². The van der Waals surface area contributed by atoms with Gasteiger partial charge in [-0.1, -0.05) is 48.3 Å². The third kappa shape index (κ3) is 7.32. The zero-order valence-corrected chi connectivity index (χ0v) is 21.7. The van der Waals surface area contributed by atoms with Crippen molar-refractivity contribution in [3.63, 3.8) is 0 Å². The van der Waals surface area contributed by atoms with Crippen molar-refractivity contribution in [1.29, 1.82) is 0 Å². The molecule has 0 unspecified atom stereocenters. The summed E-state index contributed by atoms with van der Waals surface area (Å²) in [5, 5.41) is 3.14. The molecule has 2 amide bonds. The minimum atomic E-state index is -3.92. The second kappa shape index (κ2) is 11.9. The van der Waals surface area contributed by atoms with Gasteiger partial charge in [0.25, 0.3) is 0 Å². The average Bonchev–Trinajstić information content (AvgIpc) is 2.77. The molecule has 0 aliphatic carbocycles. The molecule has 0 fully saturated rings. The van der Waals surface area contributed by atoms with E-state index >= 15 is 0 Å². The van der Waals surface area contributed by atoms with Gasteiger partial charge in [0.05, 0.1) is 22.0 Å². The van der Waals surface area contributed by atoms with Crippen molar-refractivity contribution in [3.8, 4) is 0 Å². The van der Waals surface area contributed by atoms with Crippen molar-refractivity contribution in [2.75, 3.05) is 17.1 Å². The first-order valence-corrected chi connectivity index (χ1v) is 13.2. The Kier molecular flexibility index (Phi) is 9.73. The van der Waals surface area contributed by atoms with Crippen LogP contribution in [0, 0.1) is 5.82 Å². The van der Waals surface area contributed by atoms with Gasteiger partial charge in [-0.2, -0.15) is 0 Å². The largest absolute Gasteiger partial charge is 0.352 e. The molecule has 186 valence electrons. The molecule has 11 heteroatoms. The molecule has 2 aromatic rings. The summed E-state index contributed by atoms with van der Waals surface area (Å²) in [5.41, 5.74) is 0.326. The van der Waals surface area contributed by atoms with E-state index in [1.54, 1.807) is 6.07 Å². The van der Waals surface area contributed by atoms with Crippen LogP contribution >= 0.6 is 23.2 Å². The maximum absolute atomic E-state index is 14.4. The van der Waals surface area contributed by atoms with Crippen LogP contribution in [0.2, 0.25) is 10.0 Å². The molecule has 0 heterocycles. The Labute approximate surface area is 209 Å². The van der Waals surface area contributed by atoms with Gasteiger partial charge in [0.15, 0.2) is 0 Å². The van der Waals surface area contributed by atoms with Gasteiger partial charge < -0.3 is 10.2 Å². The van der Waals surface area contributed by atoms with Gasteiger partial charge in [0, 0.05) is 18.2 Å². The number of hydrogen-bond donors (Lipinski definition) is 1. The van der Waals surface area contributed by atoms with Crippen LogP contribution in [-0.2, 0) is 26.2 Å². The number of hydrogen-bond acceptors (Lipinski definition) is 4. The summed E-state index contributed by atoms with van der Waals surface area (Å²) in [4.78, 5) is 27.4. The van der Waals surface area contributed by atoms with Crippen LogP contribution in [0.4, 0.5) is 10.1 Å². The highest BCUT2D eigenvalue weighted by Crippen LogP contribution is 2.28. The van der Waals surface area contributed by atoms with Crippen LogP contribution in [0.25, 0.3) is 0 Å². The molecule has 0 saturated heterocycles. The zero-order valence-electron chi connectivity index (χ0n) is 19.4. The van der Waals surface area contributed by atoms with Crippen molar-refractivity contribution in [3.05, 3.63) is 63.9 Å². The first-order valence-electron chi connectivity index (χ1n) is 10.6. The van der Waals surface area contributed by atoms with Crippen molar-refractivity contribution in [1.82, 2.24) is 10.2 Å². The van der Waals surface area contributed by atoms with Crippen LogP contribution in [0.15, 0.2) is 42.5 Å². The van der Waals surface area contributed by atoms with Crippen molar-refractivity contribution >= 4 is 50.7 Å². The Morgan fingerprint density at radius 3 is 2.29 bits per heavy atom. The number of nitrogens with zero attached hydrogens (tertiary/aromatic N) is 2. The molecule has 0 aliphatic heterocycles. The third-order valence-corrected chi connectivity index (χ3v) is 7.22. The highest BCUT2D eigenvalue weighted by molar-refractivity contribution is 7.92.